The van der Waals surface area contributed by atoms with Crippen LogP contribution in [0.2, 0.25) is 0 Å². The Kier molecular flexibility index (Phi) is 3.57. The van der Waals surface area contributed by atoms with Crippen molar-refractivity contribution in [3.63, 3.8) is 0 Å². The van der Waals surface area contributed by atoms with Crippen LogP contribution in [0.4, 0.5) is 0 Å². The lowest BCUT2D eigenvalue weighted by atomic mass is 10.1. The molecule has 0 spiro atoms. The van der Waals surface area contributed by atoms with E-state index in [0.29, 0.717) is 10.6 Å². The topological polar surface area (TPSA) is 93.5 Å². The highest BCUT2D eigenvalue weighted by Crippen LogP contribution is 2.29. The van der Waals surface area contributed by atoms with Gasteiger partial charge in [-0.1, -0.05) is 0 Å². The van der Waals surface area contributed by atoms with Gasteiger partial charge in [0.2, 0.25) is 0 Å². The summed E-state index contributed by atoms with van der Waals surface area (Å²) in [5, 5.41) is 17.2. The number of amidine groups is 1. The summed E-state index contributed by atoms with van der Waals surface area (Å²) in [7, 11) is 1.90. The predicted molar refractivity (Wildman–Crippen MR) is 74.6 cm³/mol. The highest BCUT2D eigenvalue weighted by Gasteiger charge is 2.16. The number of nitrogen functional groups attached to an aromatic ring is 1. The first-order valence-corrected chi connectivity index (χ1v) is 6.58. The molecule has 0 saturated heterocycles. The summed E-state index contributed by atoms with van der Waals surface area (Å²) in [4.78, 5) is 4.46. The quantitative estimate of drug-likeness (QED) is 0.655. The van der Waals surface area contributed by atoms with E-state index in [2.05, 4.69) is 15.2 Å². The summed E-state index contributed by atoms with van der Waals surface area (Å²) >= 11 is 1.38. The normalized spacial score (nSPS) is 10.7. The van der Waals surface area contributed by atoms with Gasteiger partial charge in [-0.3, -0.25) is 5.41 Å². The molecule has 6 nitrogen and oxygen atoms in total. The lowest BCUT2D eigenvalue weighted by molar-refractivity contribution is 0.764. The summed E-state index contributed by atoms with van der Waals surface area (Å²) in [6, 6.07) is 1.92. The van der Waals surface area contributed by atoms with E-state index in [1.54, 1.807) is 0 Å². The molecule has 0 radical (unpaired) electrons. The molecule has 0 aromatic carbocycles. The summed E-state index contributed by atoms with van der Waals surface area (Å²) < 4.78 is 1.88. The molecule has 0 aliphatic rings. The Labute approximate surface area is 116 Å². The fraction of sp³-hybridized carbons (Fsp3) is 0.333. The van der Waals surface area contributed by atoms with E-state index in [9.17, 15) is 0 Å². The van der Waals surface area contributed by atoms with Crippen LogP contribution in [-0.4, -0.2) is 25.6 Å². The van der Waals surface area contributed by atoms with Crippen molar-refractivity contribution in [1.29, 1.82) is 5.41 Å². The van der Waals surface area contributed by atoms with Crippen molar-refractivity contribution < 1.29 is 0 Å². The largest absolute Gasteiger partial charge is 0.384 e. The van der Waals surface area contributed by atoms with Crippen LogP contribution < -0.4 is 5.73 Å². The number of hydrogen-bond acceptors (Lipinski definition) is 5. The molecule has 0 atom stereocenters. The maximum absolute atomic E-state index is 7.69. The van der Waals surface area contributed by atoms with Crippen LogP contribution in [0.3, 0.4) is 0 Å². The molecule has 0 amide bonds. The highest BCUT2D eigenvalue weighted by atomic mass is 32.2. The minimum Gasteiger partial charge on any atom is -0.384 e. The van der Waals surface area contributed by atoms with Crippen LogP contribution in [-0.2, 0) is 7.05 Å². The molecule has 3 N–H and O–H groups in total. The van der Waals surface area contributed by atoms with Crippen LogP contribution >= 0.6 is 11.8 Å². The molecule has 0 bridgehead atoms. The highest BCUT2D eigenvalue weighted by molar-refractivity contribution is 7.99. The number of aromatic nitrogens is 4. The maximum atomic E-state index is 7.69. The van der Waals surface area contributed by atoms with Gasteiger partial charge in [-0.25, -0.2) is 4.98 Å². The van der Waals surface area contributed by atoms with E-state index in [-0.39, 0.29) is 5.84 Å². The zero-order valence-corrected chi connectivity index (χ0v) is 12.2. The first-order chi connectivity index (χ1) is 8.90. The summed E-state index contributed by atoms with van der Waals surface area (Å²) in [5.74, 6) is 0.850. The minimum absolute atomic E-state index is 0.0198. The molecule has 0 unspecified atom stereocenters. The van der Waals surface area contributed by atoms with Gasteiger partial charge < -0.3 is 10.3 Å². The van der Waals surface area contributed by atoms with E-state index >= 15 is 0 Å². The van der Waals surface area contributed by atoms with Crippen molar-refractivity contribution in [2.24, 2.45) is 12.8 Å². The zero-order chi connectivity index (χ0) is 14.2. The average Bonchev–Trinajstić information content (AvgIpc) is 2.59. The molecule has 100 valence electrons. The first kappa shape index (κ1) is 13.5. The number of nitrogens with zero attached hydrogens (tertiary/aromatic N) is 4. The SMILES string of the molecule is Cc1cc(C)c(C(=N)N)c(Sc2nnc(C)n2C)n1. The summed E-state index contributed by atoms with van der Waals surface area (Å²) in [6.07, 6.45) is 0. The van der Waals surface area contributed by atoms with Gasteiger partial charge in [0.1, 0.15) is 16.7 Å². The summed E-state index contributed by atoms with van der Waals surface area (Å²) in [5.41, 5.74) is 8.15. The second kappa shape index (κ2) is 5.00. The lowest BCUT2D eigenvalue weighted by Crippen LogP contribution is -2.15. The smallest absolute Gasteiger partial charge is 0.197 e. The minimum atomic E-state index is 0.0198. The number of aryl methyl sites for hydroxylation is 3. The Morgan fingerprint density at radius 1 is 1.32 bits per heavy atom. The van der Waals surface area contributed by atoms with Gasteiger partial charge in [0.25, 0.3) is 0 Å². The summed E-state index contributed by atoms with van der Waals surface area (Å²) in [6.45, 7) is 5.73. The number of nitrogens with one attached hydrogen (secondary N) is 1. The molecule has 19 heavy (non-hydrogen) atoms. The monoisotopic (exact) mass is 276 g/mol. The van der Waals surface area contributed by atoms with Crippen molar-refractivity contribution in [2.45, 2.75) is 31.0 Å². The molecule has 0 aliphatic carbocycles. The Morgan fingerprint density at radius 3 is 2.53 bits per heavy atom. The number of pyridine rings is 1. The maximum Gasteiger partial charge on any atom is 0.197 e. The molecule has 0 aliphatic heterocycles. The second-order valence-corrected chi connectivity index (χ2v) is 5.32. The van der Waals surface area contributed by atoms with Gasteiger partial charge in [-0.2, -0.15) is 0 Å². The molecular weight excluding hydrogens is 260 g/mol. The van der Waals surface area contributed by atoms with Crippen molar-refractivity contribution in [3.8, 4) is 0 Å². The van der Waals surface area contributed by atoms with E-state index in [0.717, 1.165) is 22.2 Å². The molecule has 2 rings (SSSR count). The van der Waals surface area contributed by atoms with Crippen molar-refractivity contribution in [2.75, 3.05) is 0 Å². The van der Waals surface area contributed by atoms with E-state index in [1.165, 1.54) is 11.8 Å². The molecule has 0 saturated carbocycles. The van der Waals surface area contributed by atoms with Gasteiger partial charge >= 0.3 is 0 Å². The fourth-order valence-electron chi connectivity index (χ4n) is 1.77. The van der Waals surface area contributed by atoms with Gasteiger partial charge in [0.15, 0.2) is 5.16 Å². The van der Waals surface area contributed by atoms with Crippen LogP contribution in [0.15, 0.2) is 16.2 Å². The molecule has 2 heterocycles. The fourth-order valence-corrected chi connectivity index (χ4v) is 2.85. The molecule has 2 aromatic heterocycles. The standard InChI is InChI=1S/C12H16N6S/c1-6-5-7(2)15-11(9(6)10(13)14)19-12-17-16-8(3)18(12)4/h5H,1-4H3,(H3,13,14). The van der Waals surface area contributed by atoms with Crippen LogP contribution in [0.5, 0.6) is 0 Å². The van der Waals surface area contributed by atoms with E-state index in [4.69, 9.17) is 11.1 Å². The second-order valence-electron chi connectivity index (χ2n) is 4.37. The predicted octanol–water partition coefficient (Wildman–Crippen LogP) is 1.57. The van der Waals surface area contributed by atoms with Crippen molar-refractivity contribution >= 4 is 17.6 Å². The number of rotatable bonds is 3. The van der Waals surface area contributed by atoms with Gasteiger partial charge in [0, 0.05) is 12.7 Å². The van der Waals surface area contributed by atoms with Gasteiger partial charge in [0.05, 0.1) is 5.56 Å². The number of nitrogens with two attached hydrogens (primary N) is 1. The van der Waals surface area contributed by atoms with E-state index < -0.39 is 0 Å². The zero-order valence-electron chi connectivity index (χ0n) is 11.4. The number of hydrogen-bond donors (Lipinski definition) is 2. The molecular formula is C12H16N6S. The molecule has 7 heteroatoms. The third-order valence-electron chi connectivity index (χ3n) is 2.82. The Balaban J connectivity index is 2.50. The third kappa shape index (κ3) is 2.60. The molecule has 2 aromatic rings. The van der Waals surface area contributed by atoms with Crippen molar-refractivity contribution in [3.05, 3.63) is 28.7 Å². The Bertz CT molecular complexity index is 646. The van der Waals surface area contributed by atoms with Crippen molar-refractivity contribution in [1.82, 2.24) is 19.7 Å². The Hall–Kier alpha value is -1.89. The Morgan fingerprint density at radius 2 is 2.00 bits per heavy atom. The lowest BCUT2D eigenvalue weighted by Gasteiger charge is -2.10. The van der Waals surface area contributed by atoms with Crippen LogP contribution in [0.1, 0.15) is 22.6 Å². The average molecular weight is 276 g/mol. The van der Waals surface area contributed by atoms with Crippen LogP contribution in [0.25, 0.3) is 0 Å². The molecule has 0 fully saturated rings. The van der Waals surface area contributed by atoms with Gasteiger partial charge in [-0.05, 0) is 44.2 Å². The first-order valence-electron chi connectivity index (χ1n) is 5.76. The van der Waals surface area contributed by atoms with E-state index in [1.807, 2.05) is 38.5 Å². The third-order valence-corrected chi connectivity index (χ3v) is 3.85. The van der Waals surface area contributed by atoms with Gasteiger partial charge in [-0.15, -0.1) is 10.2 Å². The van der Waals surface area contributed by atoms with Crippen LogP contribution in [0, 0.1) is 26.2 Å².